The summed E-state index contributed by atoms with van der Waals surface area (Å²) < 4.78 is 27.3. The van der Waals surface area contributed by atoms with E-state index < -0.39 is 11.6 Å². The highest BCUT2D eigenvalue weighted by atomic mass is 35.5. The lowest BCUT2D eigenvalue weighted by atomic mass is 10.00. The van der Waals surface area contributed by atoms with Crippen molar-refractivity contribution in [3.8, 4) is 0 Å². The Balaban J connectivity index is 2.18. The molecule has 1 aliphatic rings. The maximum Gasteiger partial charge on any atom is 0.225 e. The summed E-state index contributed by atoms with van der Waals surface area (Å²) >= 11 is 5.88. The van der Waals surface area contributed by atoms with E-state index in [-0.39, 0.29) is 10.8 Å². The van der Waals surface area contributed by atoms with E-state index in [9.17, 15) is 8.78 Å². The van der Waals surface area contributed by atoms with Crippen LogP contribution < -0.4 is 4.90 Å². The number of rotatable bonds is 1. The molecule has 6 heteroatoms. The van der Waals surface area contributed by atoms with Gasteiger partial charge in [-0.3, -0.25) is 0 Å². The van der Waals surface area contributed by atoms with Gasteiger partial charge in [-0.05, 0) is 36.4 Å². The van der Waals surface area contributed by atoms with Gasteiger partial charge < -0.3 is 4.90 Å². The van der Waals surface area contributed by atoms with Crippen molar-refractivity contribution >= 4 is 28.3 Å². The van der Waals surface area contributed by atoms with Crippen LogP contribution in [0.1, 0.15) is 19.8 Å². The fourth-order valence-electron chi connectivity index (χ4n) is 2.74. The molecule has 3 rings (SSSR count). The molecule has 2 heterocycles. The number of benzene rings is 1. The van der Waals surface area contributed by atoms with Crippen LogP contribution in [-0.4, -0.2) is 23.1 Å². The maximum absolute atomic E-state index is 13.8. The second kappa shape index (κ2) is 5.13. The van der Waals surface area contributed by atoms with Crippen LogP contribution in [0.4, 0.5) is 14.6 Å². The summed E-state index contributed by atoms with van der Waals surface area (Å²) in [6.07, 6.45) is 2.18. The number of piperidine rings is 1. The molecule has 1 unspecified atom stereocenters. The molecule has 0 amide bonds. The number of nitrogens with zero attached hydrogens (tertiary/aromatic N) is 3. The molecular weight excluding hydrogens is 284 g/mol. The molecule has 1 aromatic carbocycles. The monoisotopic (exact) mass is 297 g/mol. The maximum atomic E-state index is 13.8. The fourth-order valence-corrected chi connectivity index (χ4v) is 2.90. The molecule has 0 saturated carbocycles. The standard InChI is InChI=1S/C14H14ClF2N3/c1-8-3-2-4-20(7-8)13-10-5-9(16)6-11(17)12(10)18-14(15)19-13/h5-6,8H,2-4,7H2,1H3. The first-order chi connectivity index (χ1) is 9.54. The van der Waals surface area contributed by atoms with Gasteiger partial charge in [-0.25, -0.2) is 13.8 Å². The molecule has 20 heavy (non-hydrogen) atoms. The molecule has 0 N–H and O–H groups in total. The zero-order valence-electron chi connectivity index (χ0n) is 11.0. The summed E-state index contributed by atoms with van der Waals surface area (Å²) in [6, 6.07) is 2.08. The van der Waals surface area contributed by atoms with Gasteiger partial charge in [-0.15, -0.1) is 0 Å². The Labute approximate surface area is 120 Å². The molecule has 0 radical (unpaired) electrons. The Morgan fingerprint density at radius 3 is 2.85 bits per heavy atom. The lowest BCUT2D eigenvalue weighted by Crippen LogP contribution is -2.35. The van der Waals surface area contributed by atoms with Gasteiger partial charge in [0.25, 0.3) is 0 Å². The van der Waals surface area contributed by atoms with Gasteiger partial charge in [0.15, 0.2) is 5.82 Å². The van der Waals surface area contributed by atoms with Crippen LogP contribution in [0.15, 0.2) is 12.1 Å². The SMILES string of the molecule is CC1CCCN(c2nc(Cl)nc3c(F)cc(F)cc23)C1. The highest BCUT2D eigenvalue weighted by Crippen LogP contribution is 2.30. The Hall–Kier alpha value is -1.49. The first-order valence-electron chi connectivity index (χ1n) is 6.62. The first-order valence-corrected chi connectivity index (χ1v) is 6.99. The average molecular weight is 298 g/mol. The van der Waals surface area contributed by atoms with Gasteiger partial charge >= 0.3 is 0 Å². The Bertz CT molecular complexity index is 662. The van der Waals surface area contributed by atoms with E-state index in [1.165, 1.54) is 6.07 Å². The molecule has 1 aromatic heterocycles. The van der Waals surface area contributed by atoms with Gasteiger partial charge in [0.1, 0.15) is 17.2 Å². The Kier molecular flexibility index (Phi) is 3.46. The van der Waals surface area contributed by atoms with Crippen molar-refractivity contribution in [1.29, 1.82) is 0 Å². The number of hydrogen-bond donors (Lipinski definition) is 0. The summed E-state index contributed by atoms with van der Waals surface area (Å²) in [5.41, 5.74) is 0.0691. The van der Waals surface area contributed by atoms with E-state index in [0.717, 1.165) is 32.0 Å². The minimum Gasteiger partial charge on any atom is -0.356 e. The fraction of sp³-hybridized carbons (Fsp3) is 0.429. The number of halogens is 3. The summed E-state index contributed by atoms with van der Waals surface area (Å²) in [7, 11) is 0. The van der Waals surface area contributed by atoms with Crippen LogP contribution in [-0.2, 0) is 0 Å². The van der Waals surface area contributed by atoms with Gasteiger partial charge in [0.2, 0.25) is 5.28 Å². The third kappa shape index (κ3) is 2.42. The van der Waals surface area contributed by atoms with Crippen molar-refractivity contribution < 1.29 is 8.78 Å². The van der Waals surface area contributed by atoms with Gasteiger partial charge in [-0.1, -0.05) is 6.92 Å². The Morgan fingerprint density at radius 2 is 2.10 bits per heavy atom. The lowest BCUT2D eigenvalue weighted by molar-refractivity contribution is 0.445. The molecule has 1 aliphatic heterocycles. The molecule has 0 bridgehead atoms. The van der Waals surface area contributed by atoms with E-state index in [1.54, 1.807) is 0 Å². The van der Waals surface area contributed by atoms with Crippen molar-refractivity contribution in [1.82, 2.24) is 9.97 Å². The van der Waals surface area contributed by atoms with Gasteiger partial charge in [-0.2, -0.15) is 4.98 Å². The van der Waals surface area contributed by atoms with E-state index in [4.69, 9.17) is 11.6 Å². The molecule has 1 fully saturated rings. The van der Waals surface area contributed by atoms with Crippen LogP contribution >= 0.6 is 11.6 Å². The molecule has 2 aromatic rings. The van der Waals surface area contributed by atoms with Crippen LogP contribution in [0, 0.1) is 17.6 Å². The summed E-state index contributed by atoms with van der Waals surface area (Å²) in [4.78, 5) is 10.1. The molecule has 1 saturated heterocycles. The van der Waals surface area contributed by atoms with Crippen LogP contribution in [0.3, 0.4) is 0 Å². The van der Waals surface area contributed by atoms with Crippen molar-refractivity contribution in [2.45, 2.75) is 19.8 Å². The smallest absolute Gasteiger partial charge is 0.225 e. The molecule has 106 valence electrons. The minimum absolute atomic E-state index is 0.0174. The van der Waals surface area contributed by atoms with Gasteiger partial charge in [0.05, 0.1) is 0 Å². The summed E-state index contributed by atoms with van der Waals surface area (Å²) in [5, 5.41) is 0.359. The van der Waals surface area contributed by atoms with E-state index in [0.29, 0.717) is 17.1 Å². The minimum atomic E-state index is -0.712. The van der Waals surface area contributed by atoms with Crippen molar-refractivity contribution in [2.24, 2.45) is 5.92 Å². The molecule has 1 atom stereocenters. The van der Waals surface area contributed by atoms with E-state index in [2.05, 4.69) is 16.9 Å². The van der Waals surface area contributed by atoms with Crippen molar-refractivity contribution in [2.75, 3.05) is 18.0 Å². The average Bonchev–Trinajstić information content (AvgIpc) is 2.39. The van der Waals surface area contributed by atoms with E-state index in [1.807, 2.05) is 4.90 Å². The number of hydrogen-bond acceptors (Lipinski definition) is 3. The summed E-state index contributed by atoms with van der Waals surface area (Å²) in [6.45, 7) is 3.77. The molecule has 0 aliphatic carbocycles. The normalized spacial score (nSPS) is 19.6. The van der Waals surface area contributed by atoms with Crippen LogP contribution in [0.5, 0.6) is 0 Å². The number of anilines is 1. The van der Waals surface area contributed by atoms with Crippen LogP contribution in [0.25, 0.3) is 10.9 Å². The van der Waals surface area contributed by atoms with E-state index >= 15 is 0 Å². The lowest BCUT2D eigenvalue weighted by Gasteiger charge is -2.32. The quantitative estimate of drug-likeness (QED) is 0.750. The van der Waals surface area contributed by atoms with Crippen molar-refractivity contribution in [3.63, 3.8) is 0 Å². The number of fused-ring (bicyclic) bond motifs is 1. The molecule has 0 spiro atoms. The zero-order chi connectivity index (χ0) is 14.3. The predicted octanol–water partition coefficient (Wildman–Crippen LogP) is 3.80. The molecular formula is C14H14ClF2N3. The zero-order valence-corrected chi connectivity index (χ0v) is 11.8. The van der Waals surface area contributed by atoms with Crippen molar-refractivity contribution in [3.05, 3.63) is 29.1 Å². The topological polar surface area (TPSA) is 29.0 Å². The second-order valence-electron chi connectivity index (χ2n) is 5.29. The van der Waals surface area contributed by atoms with Gasteiger partial charge in [0, 0.05) is 24.5 Å². The van der Waals surface area contributed by atoms with Crippen LogP contribution in [0.2, 0.25) is 5.28 Å². The summed E-state index contributed by atoms with van der Waals surface area (Å²) in [5.74, 6) is -0.307. The Morgan fingerprint density at radius 1 is 1.30 bits per heavy atom. The third-order valence-electron chi connectivity index (χ3n) is 3.63. The first kappa shape index (κ1) is 13.5. The largest absolute Gasteiger partial charge is 0.356 e. The second-order valence-corrected chi connectivity index (χ2v) is 5.63. The molecule has 3 nitrogen and oxygen atoms in total. The highest BCUT2D eigenvalue weighted by molar-refractivity contribution is 6.28. The highest BCUT2D eigenvalue weighted by Gasteiger charge is 2.22. The number of aromatic nitrogens is 2. The third-order valence-corrected chi connectivity index (χ3v) is 3.80. The predicted molar refractivity (Wildman–Crippen MR) is 75.1 cm³/mol.